The van der Waals surface area contributed by atoms with Crippen LogP contribution in [0.25, 0.3) is 0 Å². The van der Waals surface area contributed by atoms with E-state index in [1.807, 2.05) is 0 Å². The quantitative estimate of drug-likeness (QED) is 0.672. The van der Waals surface area contributed by atoms with Crippen molar-refractivity contribution in [3.05, 3.63) is 47.9 Å². The van der Waals surface area contributed by atoms with Crippen LogP contribution in [-0.4, -0.2) is 15.8 Å². The minimum atomic E-state index is -0.196. The summed E-state index contributed by atoms with van der Waals surface area (Å²) in [7, 11) is 0. The zero-order valence-corrected chi connectivity index (χ0v) is 7.60. The van der Waals surface area contributed by atoms with Gasteiger partial charge >= 0.3 is 0 Å². The highest BCUT2D eigenvalue weighted by atomic mass is 16.3. The molecule has 14 heavy (non-hydrogen) atoms. The van der Waals surface area contributed by atoms with E-state index in [0.29, 0.717) is 17.1 Å². The molecule has 0 spiro atoms. The van der Waals surface area contributed by atoms with E-state index in [4.69, 9.17) is 4.42 Å². The van der Waals surface area contributed by atoms with Gasteiger partial charge in [-0.15, -0.1) is 0 Å². The van der Waals surface area contributed by atoms with Crippen LogP contribution < -0.4 is 0 Å². The number of nitrogens with zero attached hydrogens (tertiary/aromatic N) is 2. The highest BCUT2D eigenvalue weighted by Gasteiger charge is 2.12. The smallest absolute Gasteiger partial charge is 0.231 e. The fourth-order valence-electron chi connectivity index (χ4n) is 1.12. The topological polar surface area (TPSA) is 56.0 Å². The van der Waals surface area contributed by atoms with E-state index in [9.17, 15) is 4.79 Å². The number of rotatable bonds is 2. The van der Waals surface area contributed by atoms with Crippen LogP contribution in [-0.2, 0) is 0 Å². The highest BCUT2D eigenvalue weighted by molar-refractivity contribution is 6.06. The van der Waals surface area contributed by atoms with Crippen molar-refractivity contribution in [3.63, 3.8) is 0 Å². The molecule has 4 nitrogen and oxygen atoms in total. The van der Waals surface area contributed by atoms with Gasteiger partial charge in [0.25, 0.3) is 0 Å². The third kappa shape index (κ3) is 1.54. The number of hydrogen-bond donors (Lipinski definition) is 0. The Bertz CT molecular complexity index is 448. The summed E-state index contributed by atoms with van der Waals surface area (Å²) in [6, 6.07) is 3.39. The van der Waals surface area contributed by atoms with Gasteiger partial charge in [-0.1, -0.05) is 0 Å². The highest BCUT2D eigenvalue weighted by Crippen LogP contribution is 2.11. The first-order chi connectivity index (χ1) is 6.77. The van der Waals surface area contributed by atoms with E-state index in [2.05, 4.69) is 9.97 Å². The van der Waals surface area contributed by atoms with Crippen LogP contribution in [0.15, 0.2) is 35.3 Å². The fraction of sp³-hybridized carbons (Fsp3) is 0.100. The molecule has 0 amide bonds. The molecule has 0 atom stereocenters. The number of carbonyl (C=O) groups excluding carboxylic acids is 1. The van der Waals surface area contributed by atoms with Crippen molar-refractivity contribution >= 4 is 5.78 Å². The average molecular weight is 188 g/mol. The Morgan fingerprint density at radius 1 is 1.29 bits per heavy atom. The maximum atomic E-state index is 11.7. The van der Waals surface area contributed by atoms with Crippen LogP contribution in [0.1, 0.15) is 21.9 Å². The summed E-state index contributed by atoms with van der Waals surface area (Å²) in [5.41, 5.74) is 0.432. The molecule has 0 radical (unpaired) electrons. The van der Waals surface area contributed by atoms with Crippen LogP contribution in [0.2, 0.25) is 0 Å². The molecular weight excluding hydrogens is 180 g/mol. The first kappa shape index (κ1) is 8.62. The molecule has 4 heteroatoms. The van der Waals surface area contributed by atoms with Crippen LogP contribution in [0.3, 0.4) is 0 Å². The molecule has 2 rings (SSSR count). The van der Waals surface area contributed by atoms with Crippen molar-refractivity contribution < 1.29 is 9.21 Å². The maximum Gasteiger partial charge on any atom is 0.231 e. The van der Waals surface area contributed by atoms with Gasteiger partial charge in [-0.25, -0.2) is 9.97 Å². The lowest BCUT2D eigenvalue weighted by atomic mass is 10.2. The molecule has 0 bridgehead atoms. The van der Waals surface area contributed by atoms with Gasteiger partial charge in [-0.05, 0) is 19.1 Å². The van der Waals surface area contributed by atoms with Gasteiger partial charge < -0.3 is 4.42 Å². The largest absolute Gasteiger partial charge is 0.458 e. The van der Waals surface area contributed by atoms with E-state index in [0.717, 1.165) is 0 Å². The SMILES string of the molecule is Cc1ccc(C(=O)c2cncnc2)o1. The summed E-state index contributed by atoms with van der Waals surface area (Å²) in [5.74, 6) is 0.834. The summed E-state index contributed by atoms with van der Waals surface area (Å²) in [6.45, 7) is 1.79. The van der Waals surface area contributed by atoms with Gasteiger partial charge in [-0.3, -0.25) is 4.79 Å². The standard InChI is InChI=1S/C10H8N2O2/c1-7-2-3-9(14-7)10(13)8-4-11-6-12-5-8/h2-6H,1H3. The minimum absolute atomic E-state index is 0.196. The Balaban J connectivity index is 2.34. The Kier molecular flexibility index (Phi) is 2.10. The summed E-state index contributed by atoms with van der Waals surface area (Å²) in [5, 5.41) is 0. The van der Waals surface area contributed by atoms with Gasteiger partial charge in [0.05, 0.1) is 5.56 Å². The number of aryl methyl sites for hydroxylation is 1. The van der Waals surface area contributed by atoms with Crippen molar-refractivity contribution in [1.82, 2.24) is 9.97 Å². The molecule has 0 aromatic carbocycles. The number of furan rings is 1. The Morgan fingerprint density at radius 3 is 2.57 bits per heavy atom. The first-order valence-corrected chi connectivity index (χ1v) is 4.13. The predicted molar refractivity (Wildman–Crippen MR) is 48.9 cm³/mol. The number of carbonyl (C=O) groups is 1. The van der Waals surface area contributed by atoms with E-state index in [-0.39, 0.29) is 5.78 Å². The second-order valence-corrected chi connectivity index (χ2v) is 2.87. The van der Waals surface area contributed by atoms with Crippen LogP contribution in [0.4, 0.5) is 0 Å². The molecule has 0 N–H and O–H groups in total. The van der Waals surface area contributed by atoms with Gasteiger partial charge in [0.15, 0.2) is 5.76 Å². The zero-order chi connectivity index (χ0) is 9.97. The van der Waals surface area contributed by atoms with Crippen molar-refractivity contribution in [1.29, 1.82) is 0 Å². The van der Waals surface area contributed by atoms with Crippen LogP contribution in [0.5, 0.6) is 0 Å². The fourth-order valence-corrected chi connectivity index (χ4v) is 1.12. The molecule has 2 aromatic heterocycles. The Labute approximate surface area is 80.6 Å². The van der Waals surface area contributed by atoms with Gasteiger partial charge in [0.1, 0.15) is 12.1 Å². The Hall–Kier alpha value is -1.97. The van der Waals surface area contributed by atoms with Crippen molar-refractivity contribution in [3.8, 4) is 0 Å². The summed E-state index contributed by atoms with van der Waals surface area (Å²) in [6.07, 6.45) is 4.31. The third-order valence-electron chi connectivity index (χ3n) is 1.79. The Morgan fingerprint density at radius 2 is 2.00 bits per heavy atom. The zero-order valence-electron chi connectivity index (χ0n) is 7.60. The first-order valence-electron chi connectivity index (χ1n) is 4.13. The van der Waals surface area contributed by atoms with Crippen molar-refractivity contribution in [2.24, 2.45) is 0 Å². The molecule has 2 heterocycles. The summed E-state index contributed by atoms with van der Waals surface area (Å²) >= 11 is 0. The second kappa shape index (κ2) is 3.41. The number of hydrogen-bond acceptors (Lipinski definition) is 4. The predicted octanol–water partition coefficient (Wildman–Crippen LogP) is 1.61. The molecule has 0 aliphatic rings. The van der Waals surface area contributed by atoms with Gasteiger partial charge in [0, 0.05) is 12.4 Å². The normalized spacial score (nSPS) is 10.1. The maximum absolute atomic E-state index is 11.7. The summed E-state index contributed by atoms with van der Waals surface area (Å²) in [4.78, 5) is 19.2. The van der Waals surface area contributed by atoms with Crippen molar-refractivity contribution in [2.75, 3.05) is 0 Å². The lowest BCUT2D eigenvalue weighted by Crippen LogP contribution is -2.00. The average Bonchev–Trinajstić information content (AvgIpc) is 2.65. The molecule has 0 fully saturated rings. The van der Waals surface area contributed by atoms with Gasteiger partial charge in [-0.2, -0.15) is 0 Å². The molecule has 2 aromatic rings. The van der Waals surface area contributed by atoms with E-state index in [1.54, 1.807) is 19.1 Å². The molecular formula is C10H8N2O2. The van der Waals surface area contributed by atoms with E-state index >= 15 is 0 Å². The second-order valence-electron chi connectivity index (χ2n) is 2.87. The third-order valence-corrected chi connectivity index (χ3v) is 1.79. The monoisotopic (exact) mass is 188 g/mol. The van der Waals surface area contributed by atoms with Gasteiger partial charge in [0.2, 0.25) is 5.78 Å². The van der Waals surface area contributed by atoms with E-state index in [1.165, 1.54) is 18.7 Å². The summed E-state index contributed by atoms with van der Waals surface area (Å²) < 4.78 is 5.19. The van der Waals surface area contributed by atoms with Crippen LogP contribution >= 0.6 is 0 Å². The molecule has 0 aliphatic heterocycles. The molecule has 0 saturated heterocycles. The lowest BCUT2D eigenvalue weighted by Gasteiger charge is -1.94. The molecule has 70 valence electrons. The van der Waals surface area contributed by atoms with E-state index < -0.39 is 0 Å². The van der Waals surface area contributed by atoms with Crippen LogP contribution in [0, 0.1) is 6.92 Å². The number of aromatic nitrogens is 2. The molecule has 0 aliphatic carbocycles. The minimum Gasteiger partial charge on any atom is -0.458 e. The molecule has 0 saturated carbocycles. The molecule has 0 unspecified atom stereocenters. The van der Waals surface area contributed by atoms with Crippen molar-refractivity contribution in [2.45, 2.75) is 6.92 Å². The number of ketones is 1. The lowest BCUT2D eigenvalue weighted by molar-refractivity contribution is 0.101.